The van der Waals surface area contributed by atoms with Gasteiger partial charge in [0.15, 0.2) is 5.79 Å². The summed E-state index contributed by atoms with van der Waals surface area (Å²) in [4.78, 5) is 0. The Morgan fingerprint density at radius 2 is 1.20 bits per heavy atom. The van der Waals surface area contributed by atoms with E-state index in [2.05, 4.69) is 6.92 Å². The lowest BCUT2D eigenvalue weighted by molar-refractivity contribution is -0.366. The summed E-state index contributed by atoms with van der Waals surface area (Å²) in [6.07, 6.45) is 0.829. The summed E-state index contributed by atoms with van der Waals surface area (Å²) in [6, 6.07) is 29.2. The minimum absolute atomic E-state index is 0.212. The van der Waals surface area contributed by atoms with Crippen molar-refractivity contribution in [3.63, 3.8) is 0 Å². The quantitative estimate of drug-likeness (QED) is 0.589. The number of aliphatic hydroxyl groups is 2. The Balaban J connectivity index is 1.96. The molecule has 0 amide bonds. The molecule has 0 aromatic heterocycles. The van der Waals surface area contributed by atoms with Crippen molar-refractivity contribution in [1.82, 2.24) is 0 Å². The molecule has 30 heavy (non-hydrogen) atoms. The van der Waals surface area contributed by atoms with Gasteiger partial charge in [0, 0.05) is 11.5 Å². The zero-order chi connectivity index (χ0) is 21.2. The van der Waals surface area contributed by atoms with Crippen molar-refractivity contribution in [2.75, 3.05) is 0 Å². The Hall–Kier alpha value is -2.46. The largest absolute Gasteiger partial charge is 0.384 e. The summed E-state index contributed by atoms with van der Waals surface area (Å²) < 4.78 is 6.57. The van der Waals surface area contributed by atoms with Crippen LogP contribution < -0.4 is 0 Å². The van der Waals surface area contributed by atoms with Gasteiger partial charge in [-0.1, -0.05) is 105 Å². The molecule has 1 aliphatic heterocycles. The van der Waals surface area contributed by atoms with Crippen molar-refractivity contribution < 1.29 is 14.9 Å². The summed E-state index contributed by atoms with van der Waals surface area (Å²) in [7, 11) is 0. The first-order valence-corrected chi connectivity index (χ1v) is 10.8. The molecule has 0 spiro atoms. The number of hydrogen-bond acceptors (Lipinski definition) is 3. The Bertz CT molecular complexity index is 944. The monoisotopic (exact) mass is 402 g/mol. The maximum Gasteiger partial charge on any atom is 0.199 e. The number of ether oxygens (including phenoxy) is 1. The number of hydrogen-bond donors (Lipinski definition) is 2. The predicted octanol–water partition coefficient (Wildman–Crippen LogP) is 5.54. The molecule has 3 aromatic carbocycles. The molecule has 0 unspecified atom stereocenters. The molecule has 1 aliphatic rings. The number of rotatable bonds is 5. The lowest BCUT2D eigenvalue weighted by Gasteiger charge is -2.56. The smallest absolute Gasteiger partial charge is 0.199 e. The standard InChI is InChI=1S/C27H30O3/c1-3-23-25(20-14-8-5-9-15-20)30-27(29,22-18-12-7-13-19-22)24(4-2)26(23,28)21-16-10-6-11-17-21/h5-19,23-25,28-29H,3-4H2,1-2H3/t23-,24+,25+,26+,27+/m0/s1. The van der Waals surface area contributed by atoms with E-state index < -0.39 is 23.4 Å². The molecule has 4 rings (SSSR count). The Morgan fingerprint density at radius 1 is 0.700 bits per heavy atom. The average Bonchev–Trinajstić information content (AvgIpc) is 2.80. The highest BCUT2D eigenvalue weighted by molar-refractivity contribution is 5.33. The zero-order valence-corrected chi connectivity index (χ0v) is 17.6. The van der Waals surface area contributed by atoms with Gasteiger partial charge in [-0.15, -0.1) is 0 Å². The molecule has 1 heterocycles. The van der Waals surface area contributed by atoms with Crippen molar-refractivity contribution in [3.05, 3.63) is 108 Å². The van der Waals surface area contributed by atoms with E-state index in [1.54, 1.807) is 0 Å². The fourth-order valence-electron chi connectivity index (χ4n) is 5.27. The van der Waals surface area contributed by atoms with Gasteiger partial charge in [0.05, 0.1) is 12.0 Å². The van der Waals surface area contributed by atoms with Crippen molar-refractivity contribution in [2.24, 2.45) is 11.8 Å². The van der Waals surface area contributed by atoms with Crippen LogP contribution in [0.2, 0.25) is 0 Å². The van der Waals surface area contributed by atoms with Crippen LogP contribution in [0, 0.1) is 11.8 Å². The Labute approximate surface area is 179 Å². The molecular weight excluding hydrogens is 372 g/mol. The summed E-state index contributed by atoms with van der Waals surface area (Å²) in [5, 5.41) is 24.5. The third kappa shape index (κ3) is 3.27. The van der Waals surface area contributed by atoms with Crippen molar-refractivity contribution in [3.8, 4) is 0 Å². The topological polar surface area (TPSA) is 49.7 Å². The highest BCUT2D eigenvalue weighted by Gasteiger charge is 2.61. The fourth-order valence-corrected chi connectivity index (χ4v) is 5.27. The van der Waals surface area contributed by atoms with Crippen LogP contribution in [-0.2, 0) is 16.1 Å². The van der Waals surface area contributed by atoms with E-state index in [9.17, 15) is 10.2 Å². The van der Waals surface area contributed by atoms with Gasteiger partial charge in [-0.25, -0.2) is 0 Å². The van der Waals surface area contributed by atoms with Crippen LogP contribution in [0.3, 0.4) is 0 Å². The lowest BCUT2D eigenvalue weighted by atomic mass is 9.61. The van der Waals surface area contributed by atoms with Crippen LogP contribution in [-0.4, -0.2) is 10.2 Å². The van der Waals surface area contributed by atoms with E-state index in [-0.39, 0.29) is 5.92 Å². The molecule has 3 aromatic rings. The van der Waals surface area contributed by atoms with Crippen LogP contribution in [0.5, 0.6) is 0 Å². The second-order valence-corrected chi connectivity index (χ2v) is 8.18. The van der Waals surface area contributed by atoms with Gasteiger partial charge in [0.1, 0.15) is 5.60 Å². The SMILES string of the molecule is CC[C@@H]1[C@@](O)(c2ccccc2)[C@@H](CC)[C@@H](c2ccccc2)O[C@]1(O)c1ccccc1. The fraction of sp³-hybridized carbons (Fsp3) is 0.333. The number of benzene rings is 3. The molecule has 0 bridgehead atoms. The molecule has 3 nitrogen and oxygen atoms in total. The molecule has 0 saturated carbocycles. The first-order valence-electron chi connectivity index (χ1n) is 10.8. The maximum atomic E-state index is 12.5. The molecule has 1 saturated heterocycles. The van der Waals surface area contributed by atoms with Gasteiger partial charge < -0.3 is 14.9 Å². The average molecular weight is 403 g/mol. The van der Waals surface area contributed by atoms with Crippen molar-refractivity contribution in [2.45, 2.75) is 44.2 Å². The van der Waals surface area contributed by atoms with Crippen molar-refractivity contribution in [1.29, 1.82) is 0 Å². The maximum absolute atomic E-state index is 12.5. The highest BCUT2D eigenvalue weighted by Crippen LogP contribution is 2.59. The zero-order valence-electron chi connectivity index (χ0n) is 17.6. The van der Waals surface area contributed by atoms with E-state index in [0.29, 0.717) is 18.4 Å². The van der Waals surface area contributed by atoms with Gasteiger partial charge in [0.2, 0.25) is 0 Å². The molecule has 0 radical (unpaired) electrons. The van der Waals surface area contributed by atoms with Crippen LogP contribution in [0.4, 0.5) is 0 Å². The normalized spacial score (nSPS) is 31.4. The van der Waals surface area contributed by atoms with Crippen LogP contribution in [0.1, 0.15) is 49.5 Å². The van der Waals surface area contributed by atoms with Crippen molar-refractivity contribution >= 4 is 0 Å². The first-order chi connectivity index (χ1) is 14.6. The van der Waals surface area contributed by atoms with Gasteiger partial charge in [-0.2, -0.15) is 0 Å². The molecular formula is C27H30O3. The molecule has 1 fully saturated rings. The predicted molar refractivity (Wildman–Crippen MR) is 119 cm³/mol. The van der Waals surface area contributed by atoms with Gasteiger partial charge in [0.25, 0.3) is 0 Å². The third-order valence-corrected chi connectivity index (χ3v) is 6.64. The van der Waals surface area contributed by atoms with Crippen LogP contribution in [0.25, 0.3) is 0 Å². The minimum atomic E-state index is -1.62. The summed E-state index contributed by atoms with van der Waals surface area (Å²) in [5.41, 5.74) is 1.19. The van der Waals surface area contributed by atoms with E-state index in [1.165, 1.54) is 0 Å². The van der Waals surface area contributed by atoms with Gasteiger partial charge >= 0.3 is 0 Å². The Morgan fingerprint density at radius 3 is 1.70 bits per heavy atom. The van der Waals surface area contributed by atoms with E-state index in [1.807, 2.05) is 97.9 Å². The van der Waals surface area contributed by atoms with Crippen LogP contribution in [0.15, 0.2) is 91.0 Å². The lowest BCUT2D eigenvalue weighted by Crippen LogP contribution is -2.59. The molecule has 156 valence electrons. The molecule has 3 heteroatoms. The molecule has 2 N–H and O–H groups in total. The summed E-state index contributed by atoms with van der Waals surface area (Å²) >= 11 is 0. The van der Waals surface area contributed by atoms with Gasteiger partial charge in [-0.05, 0) is 24.0 Å². The second-order valence-electron chi connectivity index (χ2n) is 8.18. The Kier molecular flexibility index (Phi) is 5.79. The van der Waals surface area contributed by atoms with Gasteiger partial charge in [-0.3, -0.25) is 0 Å². The van der Waals surface area contributed by atoms with E-state index in [4.69, 9.17) is 4.74 Å². The first kappa shape index (κ1) is 20.8. The van der Waals surface area contributed by atoms with E-state index >= 15 is 0 Å². The minimum Gasteiger partial charge on any atom is -0.384 e. The second kappa shape index (κ2) is 8.35. The summed E-state index contributed by atoms with van der Waals surface area (Å²) in [5.74, 6) is -2.36. The molecule has 0 aliphatic carbocycles. The highest BCUT2D eigenvalue weighted by atomic mass is 16.6. The molecule has 5 atom stereocenters. The van der Waals surface area contributed by atoms with E-state index in [0.717, 1.165) is 11.1 Å². The summed E-state index contributed by atoms with van der Waals surface area (Å²) in [6.45, 7) is 4.09. The van der Waals surface area contributed by atoms with Crippen LogP contribution >= 0.6 is 0 Å². The third-order valence-electron chi connectivity index (χ3n) is 6.64.